The first-order valence-corrected chi connectivity index (χ1v) is 11.6. The largest absolute Gasteiger partial charge is 0.497 e. The Balaban J connectivity index is 1.69. The van der Waals surface area contributed by atoms with Crippen LogP contribution in [0.5, 0.6) is 5.75 Å². The maximum atomic E-state index is 12.6. The van der Waals surface area contributed by atoms with Crippen LogP contribution < -0.4 is 10.1 Å². The fourth-order valence-corrected chi connectivity index (χ4v) is 4.08. The highest BCUT2D eigenvalue weighted by Gasteiger charge is 2.20. The summed E-state index contributed by atoms with van der Waals surface area (Å²) >= 11 is 4.67. The number of hydrogen-bond acceptors (Lipinski definition) is 6. The first-order valence-electron chi connectivity index (χ1n) is 9.83. The number of halogens is 1. The van der Waals surface area contributed by atoms with Crippen LogP contribution in [-0.4, -0.2) is 39.3 Å². The number of carbonyl (C=O) groups is 2. The number of Topliss-reactive ketones (excluding diaryl/α,β-unsaturated/α-hetero) is 1. The van der Waals surface area contributed by atoms with Crippen molar-refractivity contribution in [2.75, 3.05) is 12.9 Å². The van der Waals surface area contributed by atoms with Crippen molar-refractivity contribution in [1.82, 2.24) is 20.1 Å². The summed E-state index contributed by atoms with van der Waals surface area (Å²) in [4.78, 5) is 25.1. The number of amides is 1. The molecule has 1 heterocycles. The molecule has 0 aliphatic carbocycles. The lowest BCUT2D eigenvalue weighted by atomic mass is 10.2. The van der Waals surface area contributed by atoms with E-state index in [1.54, 1.807) is 49.6 Å². The number of methoxy groups -OCH3 is 1. The van der Waals surface area contributed by atoms with E-state index in [0.717, 1.165) is 4.47 Å². The molecule has 0 aliphatic heterocycles. The van der Waals surface area contributed by atoms with Gasteiger partial charge in [-0.15, -0.1) is 16.8 Å². The number of benzene rings is 2. The Bertz CT molecular complexity index is 1100. The van der Waals surface area contributed by atoms with Crippen molar-refractivity contribution >= 4 is 39.4 Å². The SMILES string of the molecule is C=CCn1c(SCC(=O)c2ccc(Br)cc2)nnc1[C@@H](C)NC(=O)c1ccc(OC)cc1. The third kappa shape index (κ3) is 5.86. The van der Waals surface area contributed by atoms with Crippen LogP contribution in [0.4, 0.5) is 0 Å². The van der Waals surface area contributed by atoms with E-state index in [4.69, 9.17) is 4.74 Å². The van der Waals surface area contributed by atoms with Gasteiger partial charge >= 0.3 is 0 Å². The van der Waals surface area contributed by atoms with Crippen molar-refractivity contribution in [1.29, 1.82) is 0 Å². The van der Waals surface area contributed by atoms with Crippen molar-refractivity contribution in [3.05, 3.63) is 82.6 Å². The molecule has 1 amide bonds. The van der Waals surface area contributed by atoms with Gasteiger partial charge in [0, 0.05) is 22.1 Å². The quantitative estimate of drug-likeness (QED) is 0.239. The molecule has 3 aromatic rings. The number of ketones is 1. The molecule has 3 rings (SSSR count). The van der Waals surface area contributed by atoms with Gasteiger partial charge in [0.15, 0.2) is 16.8 Å². The van der Waals surface area contributed by atoms with E-state index in [2.05, 4.69) is 38.0 Å². The highest BCUT2D eigenvalue weighted by atomic mass is 79.9. The van der Waals surface area contributed by atoms with E-state index in [9.17, 15) is 9.59 Å². The second kappa shape index (κ2) is 11.1. The van der Waals surface area contributed by atoms with Crippen molar-refractivity contribution in [2.24, 2.45) is 0 Å². The van der Waals surface area contributed by atoms with Gasteiger partial charge in [-0.1, -0.05) is 45.9 Å². The Kier molecular flexibility index (Phi) is 8.24. The van der Waals surface area contributed by atoms with Crippen molar-refractivity contribution in [3.63, 3.8) is 0 Å². The molecule has 0 unspecified atom stereocenters. The molecule has 166 valence electrons. The Labute approximate surface area is 199 Å². The second-order valence-electron chi connectivity index (χ2n) is 6.88. The molecule has 1 aromatic heterocycles. The summed E-state index contributed by atoms with van der Waals surface area (Å²) in [5.41, 5.74) is 1.15. The van der Waals surface area contributed by atoms with Gasteiger partial charge in [-0.3, -0.25) is 9.59 Å². The van der Waals surface area contributed by atoms with E-state index in [0.29, 0.717) is 34.4 Å². The van der Waals surface area contributed by atoms with E-state index in [1.807, 2.05) is 23.6 Å². The minimum absolute atomic E-state index is 0.00180. The smallest absolute Gasteiger partial charge is 0.251 e. The molecule has 0 saturated heterocycles. The molecule has 0 aliphatic rings. The normalized spacial score (nSPS) is 11.6. The predicted octanol–water partition coefficient (Wildman–Crippen LogP) is 4.70. The summed E-state index contributed by atoms with van der Waals surface area (Å²) in [6.07, 6.45) is 1.73. The molecule has 0 saturated carbocycles. The van der Waals surface area contributed by atoms with Gasteiger partial charge in [-0.05, 0) is 43.3 Å². The van der Waals surface area contributed by atoms with E-state index in [1.165, 1.54) is 11.8 Å². The molecular formula is C23H23BrN4O3S. The van der Waals surface area contributed by atoms with Gasteiger partial charge in [-0.25, -0.2) is 0 Å². The zero-order valence-electron chi connectivity index (χ0n) is 17.7. The molecule has 0 radical (unpaired) electrons. The van der Waals surface area contributed by atoms with Crippen molar-refractivity contribution in [3.8, 4) is 5.75 Å². The molecule has 0 fully saturated rings. The number of ether oxygens (including phenoxy) is 1. The molecule has 32 heavy (non-hydrogen) atoms. The number of thioether (sulfide) groups is 1. The average molecular weight is 515 g/mol. The van der Waals surface area contributed by atoms with Crippen LogP contribution in [0.15, 0.2) is 70.8 Å². The van der Waals surface area contributed by atoms with E-state index in [-0.39, 0.29) is 17.4 Å². The minimum atomic E-state index is -0.395. The lowest BCUT2D eigenvalue weighted by molar-refractivity contribution is 0.0936. The van der Waals surface area contributed by atoms with Crippen molar-refractivity contribution < 1.29 is 14.3 Å². The Hall–Kier alpha value is -2.91. The average Bonchev–Trinajstić information content (AvgIpc) is 3.21. The first-order chi connectivity index (χ1) is 15.4. The van der Waals surface area contributed by atoms with Crippen LogP contribution in [0.1, 0.15) is 39.5 Å². The number of aromatic nitrogens is 3. The molecule has 1 N–H and O–H groups in total. The van der Waals surface area contributed by atoms with Crippen LogP contribution >= 0.6 is 27.7 Å². The van der Waals surface area contributed by atoms with Crippen molar-refractivity contribution in [2.45, 2.75) is 24.7 Å². The van der Waals surface area contributed by atoms with Gasteiger partial charge in [-0.2, -0.15) is 0 Å². The fourth-order valence-electron chi connectivity index (χ4n) is 2.96. The van der Waals surface area contributed by atoms with Gasteiger partial charge in [0.05, 0.1) is 18.9 Å². The Morgan fingerprint density at radius 2 is 1.81 bits per heavy atom. The molecule has 7 nitrogen and oxygen atoms in total. The summed E-state index contributed by atoms with van der Waals surface area (Å²) in [5.74, 6) is 1.26. The highest BCUT2D eigenvalue weighted by molar-refractivity contribution is 9.10. The summed E-state index contributed by atoms with van der Waals surface area (Å²) < 4.78 is 7.90. The number of allylic oxidation sites excluding steroid dienone is 1. The third-order valence-corrected chi connectivity index (χ3v) is 6.14. The number of nitrogens with one attached hydrogen (secondary N) is 1. The first kappa shape index (κ1) is 23.7. The maximum Gasteiger partial charge on any atom is 0.251 e. The summed E-state index contributed by atoms with van der Waals surface area (Å²) in [6.45, 7) is 6.09. The van der Waals surface area contributed by atoms with E-state index >= 15 is 0 Å². The Morgan fingerprint density at radius 3 is 2.44 bits per heavy atom. The topological polar surface area (TPSA) is 86.1 Å². The maximum absolute atomic E-state index is 12.6. The summed E-state index contributed by atoms with van der Waals surface area (Å²) in [6, 6.07) is 13.7. The Morgan fingerprint density at radius 1 is 1.16 bits per heavy atom. The fraction of sp³-hybridized carbons (Fsp3) is 0.217. The van der Waals surface area contributed by atoms with Gasteiger partial charge in [0.25, 0.3) is 5.91 Å². The summed E-state index contributed by atoms with van der Waals surface area (Å²) in [5, 5.41) is 12.0. The lowest BCUT2D eigenvalue weighted by Gasteiger charge is -2.15. The zero-order valence-corrected chi connectivity index (χ0v) is 20.1. The monoisotopic (exact) mass is 514 g/mol. The molecule has 1 atom stereocenters. The molecule has 9 heteroatoms. The standard InChI is InChI=1S/C23H23BrN4O3S/c1-4-13-28-21(15(2)25-22(30)17-7-11-19(31-3)12-8-17)26-27-23(28)32-14-20(29)16-5-9-18(24)10-6-16/h4-12,15H,1,13-14H2,2-3H3,(H,25,30)/t15-/m1/s1. The zero-order chi connectivity index (χ0) is 23.1. The van der Waals surface area contributed by atoms with Crippen LogP contribution in [0.25, 0.3) is 0 Å². The van der Waals surface area contributed by atoms with Crippen LogP contribution in [0.2, 0.25) is 0 Å². The predicted molar refractivity (Wildman–Crippen MR) is 128 cm³/mol. The number of carbonyl (C=O) groups excluding carboxylic acids is 2. The molecule has 0 bridgehead atoms. The van der Waals surface area contributed by atoms with Crippen LogP contribution in [-0.2, 0) is 6.54 Å². The summed E-state index contributed by atoms with van der Waals surface area (Å²) in [7, 11) is 1.58. The highest BCUT2D eigenvalue weighted by Crippen LogP contribution is 2.23. The van der Waals surface area contributed by atoms with Gasteiger partial charge in [0.1, 0.15) is 5.75 Å². The van der Waals surface area contributed by atoms with Crippen LogP contribution in [0.3, 0.4) is 0 Å². The minimum Gasteiger partial charge on any atom is -0.497 e. The van der Waals surface area contributed by atoms with Gasteiger partial charge < -0.3 is 14.6 Å². The van der Waals surface area contributed by atoms with E-state index < -0.39 is 6.04 Å². The van der Waals surface area contributed by atoms with Gasteiger partial charge in [0.2, 0.25) is 0 Å². The lowest BCUT2D eigenvalue weighted by Crippen LogP contribution is -2.28. The third-order valence-electron chi connectivity index (χ3n) is 4.64. The second-order valence-corrected chi connectivity index (χ2v) is 8.74. The molecular weight excluding hydrogens is 492 g/mol. The number of rotatable bonds is 10. The molecule has 2 aromatic carbocycles. The molecule has 0 spiro atoms. The number of nitrogens with zero attached hydrogens (tertiary/aromatic N) is 3. The van der Waals surface area contributed by atoms with Crippen LogP contribution in [0, 0.1) is 0 Å². The number of hydrogen-bond donors (Lipinski definition) is 1.